The normalized spacial score (nSPS) is 20.0. The van der Waals surface area contributed by atoms with Crippen LogP contribution in [0.2, 0.25) is 0 Å². The summed E-state index contributed by atoms with van der Waals surface area (Å²) in [6, 6.07) is 7.20. The number of nitrogens with one attached hydrogen (secondary N) is 2. The molecule has 2 saturated heterocycles. The first-order chi connectivity index (χ1) is 22.6. The van der Waals surface area contributed by atoms with Crippen molar-refractivity contribution >= 4 is 41.1 Å². The molecule has 14 nitrogen and oxygen atoms in total. The lowest BCUT2D eigenvalue weighted by atomic mass is 9.82. The van der Waals surface area contributed by atoms with E-state index in [1.165, 1.54) is 7.11 Å². The Morgan fingerprint density at radius 1 is 1.04 bits per heavy atom. The van der Waals surface area contributed by atoms with Crippen molar-refractivity contribution in [2.75, 3.05) is 45.7 Å². The van der Waals surface area contributed by atoms with Crippen molar-refractivity contribution < 1.29 is 43.0 Å². The smallest absolute Gasteiger partial charge is 0.262 e. The molecule has 4 N–H and O–H groups in total. The van der Waals surface area contributed by atoms with Gasteiger partial charge in [-0.2, -0.15) is 0 Å². The lowest BCUT2D eigenvalue weighted by molar-refractivity contribution is -0.137. The maximum Gasteiger partial charge on any atom is 0.262 e. The number of piperidine rings is 2. The Labute approximate surface area is 270 Å². The molecule has 2 fully saturated rings. The number of hydrogen-bond acceptors (Lipinski definition) is 10. The number of carbonyl (C=O) groups excluding carboxylic acids is 6. The SMILES string of the molecule is COc1c(N)cccc1C(=O)NCCOCCC(=O)N1CCC2(CCc3cc4c(cc3O2)C(=O)N(C2CCC(=O)NC2=O)C4=O)CC1. The van der Waals surface area contributed by atoms with Crippen LogP contribution in [0.15, 0.2) is 30.3 Å². The highest BCUT2D eigenvalue weighted by atomic mass is 16.5. The van der Waals surface area contributed by atoms with Crippen LogP contribution in [-0.2, 0) is 25.5 Å². The van der Waals surface area contributed by atoms with E-state index in [1.54, 1.807) is 35.2 Å². The van der Waals surface area contributed by atoms with Crippen LogP contribution < -0.4 is 25.8 Å². The van der Waals surface area contributed by atoms with Gasteiger partial charge in [0.1, 0.15) is 17.4 Å². The Bertz CT molecular complexity index is 1650. The van der Waals surface area contributed by atoms with E-state index in [9.17, 15) is 28.8 Å². The summed E-state index contributed by atoms with van der Waals surface area (Å²) < 4.78 is 17.3. The first kappa shape index (κ1) is 32.0. The van der Waals surface area contributed by atoms with Crippen LogP contribution in [0.5, 0.6) is 11.5 Å². The number of rotatable bonds is 9. The second kappa shape index (κ2) is 13.0. The molecule has 6 rings (SSSR count). The summed E-state index contributed by atoms with van der Waals surface area (Å²) >= 11 is 0. The molecule has 0 aromatic heterocycles. The molecule has 2 aromatic rings. The van der Waals surface area contributed by atoms with Crippen LogP contribution in [0.1, 0.15) is 75.2 Å². The number of nitrogens with zero attached hydrogens (tertiary/aromatic N) is 2. The molecule has 1 spiro atoms. The average Bonchev–Trinajstić information content (AvgIpc) is 3.29. The quantitative estimate of drug-likeness (QED) is 0.203. The van der Waals surface area contributed by atoms with E-state index in [1.807, 2.05) is 0 Å². The summed E-state index contributed by atoms with van der Waals surface area (Å²) in [5, 5.41) is 4.97. The molecule has 6 amide bonds. The van der Waals surface area contributed by atoms with E-state index in [4.69, 9.17) is 19.9 Å². The number of ether oxygens (including phenoxy) is 3. The van der Waals surface area contributed by atoms with E-state index in [0.29, 0.717) is 61.5 Å². The van der Waals surface area contributed by atoms with Gasteiger partial charge in [-0.1, -0.05) is 6.07 Å². The number of likely N-dealkylation sites (tertiary alicyclic amines) is 1. The number of para-hydroxylation sites is 1. The number of benzene rings is 2. The highest BCUT2D eigenvalue weighted by Crippen LogP contribution is 2.42. The van der Waals surface area contributed by atoms with Crippen LogP contribution in [0.3, 0.4) is 0 Å². The fourth-order valence-electron chi connectivity index (χ4n) is 6.71. The van der Waals surface area contributed by atoms with Gasteiger partial charge in [0, 0.05) is 38.9 Å². The Hall–Kier alpha value is -4.98. The Morgan fingerprint density at radius 3 is 2.51 bits per heavy atom. The minimum absolute atomic E-state index is 0.0277. The fourth-order valence-corrected chi connectivity index (χ4v) is 6.71. The molecular formula is C33H37N5O9. The number of imide groups is 2. The number of anilines is 1. The number of fused-ring (bicyclic) bond motifs is 2. The zero-order chi connectivity index (χ0) is 33.3. The van der Waals surface area contributed by atoms with Crippen LogP contribution in [0.25, 0.3) is 0 Å². The lowest BCUT2D eigenvalue weighted by Crippen LogP contribution is -2.54. The average molecular weight is 648 g/mol. The third-order valence-electron chi connectivity index (χ3n) is 9.31. The van der Waals surface area contributed by atoms with E-state index >= 15 is 0 Å². The number of nitrogen functional groups attached to an aromatic ring is 1. The summed E-state index contributed by atoms with van der Waals surface area (Å²) in [7, 11) is 1.45. The topological polar surface area (TPSA) is 187 Å². The third-order valence-corrected chi connectivity index (χ3v) is 9.31. The van der Waals surface area contributed by atoms with Gasteiger partial charge in [-0.3, -0.25) is 39.0 Å². The second-order valence-corrected chi connectivity index (χ2v) is 12.2. The largest absolute Gasteiger partial charge is 0.494 e. The molecule has 14 heteroatoms. The molecule has 2 aromatic carbocycles. The van der Waals surface area contributed by atoms with Crippen LogP contribution in [0, 0.1) is 0 Å². The number of carbonyl (C=O) groups is 6. The predicted octanol–water partition coefficient (Wildman–Crippen LogP) is 1.20. The maximum absolute atomic E-state index is 13.3. The van der Waals surface area contributed by atoms with Crippen LogP contribution >= 0.6 is 0 Å². The monoisotopic (exact) mass is 647 g/mol. The minimum atomic E-state index is -1.03. The highest BCUT2D eigenvalue weighted by molar-refractivity contribution is 6.23. The molecule has 0 bridgehead atoms. The highest BCUT2D eigenvalue weighted by Gasteiger charge is 2.47. The zero-order valence-electron chi connectivity index (χ0n) is 26.1. The summed E-state index contributed by atoms with van der Waals surface area (Å²) in [4.78, 5) is 78.5. The second-order valence-electron chi connectivity index (χ2n) is 12.2. The fraction of sp³-hybridized carbons (Fsp3) is 0.455. The van der Waals surface area contributed by atoms with Crippen molar-refractivity contribution in [1.82, 2.24) is 20.4 Å². The van der Waals surface area contributed by atoms with Crippen molar-refractivity contribution in [2.24, 2.45) is 0 Å². The molecule has 4 heterocycles. The van der Waals surface area contributed by atoms with Crippen LogP contribution in [-0.4, -0.2) is 96.8 Å². The summed E-state index contributed by atoms with van der Waals surface area (Å²) in [6.07, 6.45) is 2.94. The summed E-state index contributed by atoms with van der Waals surface area (Å²) in [5.74, 6) is -1.69. The molecule has 0 radical (unpaired) electrons. The van der Waals surface area contributed by atoms with Gasteiger partial charge in [0.25, 0.3) is 17.7 Å². The molecule has 1 atom stereocenters. The number of hydrogen-bond donors (Lipinski definition) is 3. The first-order valence-corrected chi connectivity index (χ1v) is 15.7. The maximum atomic E-state index is 13.3. The standard InChI is InChI=1S/C33H37N5O9/c1-45-28-20(3-2-4-23(28)34)29(41)35-12-16-46-15-8-27(40)37-13-10-33(11-14-37)9-7-19-17-21-22(18-25(19)47-33)32(44)38(31(21)43)24-5-6-26(39)36-30(24)42/h2-4,17-18,24H,5-16,34H2,1H3,(H,35,41)(H,36,39,42). The first-order valence-electron chi connectivity index (χ1n) is 15.7. The number of amides is 6. The van der Waals surface area contributed by atoms with E-state index in [2.05, 4.69) is 10.6 Å². The van der Waals surface area contributed by atoms with Gasteiger partial charge < -0.3 is 30.2 Å². The number of nitrogens with two attached hydrogens (primary N) is 1. The Balaban J connectivity index is 0.964. The summed E-state index contributed by atoms with van der Waals surface area (Å²) in [6.45, 7) is 1.74. The molecule has 0 aliphatic carbocycles. The third kappa shape index (κ3) is 6.24. The van der Waals surface area contributed by atoms with E-state index < -0.39 is 35.3 Å². The van der Waals surface area contributed by atoms with Crippen molar-refractivity contribution in [2.45, 2.75) is 56.6 Å². The molecule has 1 unspecified atom stereocenters. The molecule has 4 aliphatic heterocycles. The molecular weight excluding hydrogens is 610 g/mol. The van der Waals surface area contributed by atoms with Gasteiger partial charge >= 0.3 is 0 Å². The summed E-state index contributed by atoms with van der Waals surface area (Å²) in [5.41, 5.74) is 7.32. The molecule has 248 valence electrons. The number of methoxy groups -OCH3 is 1. The van der Waals surface area contributed by atoms with Crippen LogP contribution in [0.4, 0.5) is 5.69 Å². The van der Waals surface area contributed by atoms with Crippen molar-refractivity contribution in [3.05, 3.63) is 52.6 Å². The van der Waals surface area contributed by atoms with Gasteiger partial charge in [0.05, 0.1) is 49.1 Å². The Kier molecular flexibility index (Phi) is 8.86. The lowest BCUT2D eigenvalue weighted by Gasteiger charge is -2.44. The van der Waals surface area contributed by atoms with Gasteiger partial charge in [-0.25, -0.2) is 0 Å². The van der Waals surface area contributed by atoms with Gasteiger partial charge in [-0.15, -0.1) is 0 Å². The zero-order valence-corrected chi connectivity index (χ0v) is 26.1. The van der Waals surface area contributed by atoms with Gasteiger partial charge in [-0.05, 0) is 49.1 Å². The minimum Gasteiger partial charge on any atom is -0.494 e. The Morgan fingerprint density at radius 2 is 1.79 bits per heavy atom. The van der Waals surface area contributed by atoms with E-state index in [-0.39, 0.29) is 62.0 Å². The van der Waals surface area contributed by atoms with Crippen molar-refractivity contribution in [3.8, 4) is 11.5 Å². The van der Waals surface area contributed by atoms with Crippen molar-refractivity contribution in [1.29, 1.82) is 0 Å². The van der Waals surface area contributed by atoms with Gasteiger partial charge in [0.2, 0.25) is 17.7 Å². The predicted molar refractivity (Wildman–Crippen MR) is 166 cm³/mol. The van der Waals surface area contributed by atoms with Crippen molar-refractivity contribution in [3.63, 3.8) is 0 Å². The van der Waals surface area contributed by atoms with Gasteiger partial charge in [0.15, 0.2) is 5.75 Å². The number of aryl methyl sites for hydroxylation is 1. The molecule has 4 aliphatic rings. The van der Waals surface area contributed by atoms with E-state index in [0.717, 1.165) is 10.5 Å². The molecule has 47 heavy (non-hydrogen) atoms. The molecule has 0 saturated carbocycles.